The number of fused-ring (bicyclic) bond motifs is 2. The van der Waals surface area contributed by atoms with E-state index in [1.807, 2.05) is 37.3 Å². The number of thiazole rings is 1. The Hall–Kier alpha value is -2.85. The molecule has 0 bridgehead atoms. The van der Waals surface area contributed by atoms with Gasteiger partial charge in [0.25, 0.3) is 5.91 Å². The van der Waals surface area contributed by atoms with Crippen LogP contribution in [0.3, 0.4) is 0 Å². The van der Waals surface area contributed by atoms with Crippen LogP contribution in [0.2, 0.25) is 0 Å². The third-order valence-corrected chi connectivity index (χ3v) is 9.47. The summed E-state index contributed by atoms with van der Waals surface area (Å²) >= 11 is 1.59. The lowest BCUT2D eigenvalue weighted by Gasteiger charge is -2.17. The fourth-order valence-corrected chi connectivity index (χ4v) is 7.49. The molecule has 0 spiro atoms. The van der Waals surface area contributed by atoms with E-state index in [1.54, 1.807) is 28.0 Å². The first-order valence-electron chi connectivity index (χ1n) is 11.5. The maximum Gasteiger partial charge on any atom is 0.254 e. The maximum atomic E-state index is 13.7. The number of aromatic nitrogens is 4. The van der Waals surface area contributed by atoms with Gasteiger partial charge >= 0.3 is 0 Å². The Labute approximate surface area is 201 Å². The molecule has 1 aliphatic heterocycles. The molecule has 2 fully saturated rings. The van der Waals surface area contributed by atoms with Crippen molar-refractivity contribution in [1.29, 1.82) is 0 Å². The SMILES string of the molecule is Cc1nn([C@@H]2CCS(=O)(=O)C2)c2nc(C3CC3)cc(C(=O)N(C)Cc3nc4ccccc4s3)c12. The first-order valence-corrected chi connectivity index (χ1v) is 14.1. The normalized spacial score (nSPS) is 19.8. The van der Waals surface area contributed by atoms with Crippen molar-refractivity contribution < 1.29 is 13.2 Å². The first-order chi connectivity index (χ1) is 16.3. The number of carbonyl (C=O) groups is 1. The molecule has 1 saturated carbocycles. The van der Waals surface area contributed by atoms with E-state index in [0.717, 1.165) is 39.1 Å². The predicted octanol–water partition coefficient (Wildman–Crippen LogP) is 3.86. The number of rotatable bonds is 5. The number of sulfone groups is 1. The van der Waals surface area contributed by atoms with Gasteiger partial charge in [0.15, 0.2) is 15.5 Å². The van der Waals surface area contributed by atoms with Crippen molar-refractivity contribution in [1.82, 2.24) is 24.6 Å². The van der Waals surface area contributed by atoms with Crippen LogP contribution in [0.4, 0.5) is 0 Å². The second-order valence-corrected chi connectivity index (χ2v) is 12.7. The molecule has 34 heavy (non-hydrogen) atoms. The Morgan fingerprint density at radius 2 is 2.00 bits per heavy atom. The van der Waals surface area contributed by atoms with Gasteiger partial charge in [0.1, 0.15) is 5.01 Å². The Morgan fingerprint density at radius 1 is 1.21 bits per heavy atom. The van der Waals surface area contributed by atoms with Crippen LogP contribution >= 0.6 is 11.3 Å². The van der Waals surface area contributed by atoms with Crippen LogP contribution in [0, 0.1) is 6.92 Å². The average Bonchev–Trinajstić information content (AvgIpc) is 3.37. The summed E-state index contributed by atoms with van der Waals surface area (Å²) in [6, 6.07) is 9.64. The molecule has 1 atom stereocenters. The molecule has 3 aromatic heterocycles. The lowest BCUT2D eigenvalue weighted by molar-refractivity contribution is 0.0786. The third kappa shape index (κ3) is 3.78. The summed E-state index contributed by atoms with van der Waals surface area (Å²) in [7, 11) is -1.28. The van der Waals surface area contributed by atoms with E-state index < -0.39 is 9.84 Å². The highest BCUT2D eigenvalue weighted by Gasteiger charge is 2.34. The number of pyridine rings is 1. The molecular formula is C24H25N5O3S2. The highest BCUT2D eigenvalue weighted by atomic mass is 32.2. The van der Waals surface area contributed by atoms with Crippen molar-refractivity contribution in [3.63, 3.8) is 0 Å². The molecule has 0 unspecified atom stereocenters. The molecule has 10 heteroatoms. The van der Waals surface area contributed by atoms with Gasteiger partial charge in [-0.3, -0.25) is 4.79 Å². The summed E-state index contributed by atoms with van der Waals surface area (Å²) < 4.78 is 27.1. The quantitative estimate of drug-likeness (QED) is 0.417. The average molecular weight is 496 g/mol. The number of hydrogen-bond donors (Lipinski definition) is 0. The fraction of sp³-hybridized carbons (Fsp3) is 0.417. The van der Waals surface area contributed by atoms with Crippen LogP contribution < -0.4 is 0 Å². The highest BCUT2D eigenvalue weighted by molar-refractivity contribution is 7.91. The molecular weight excluding hydrogens is 470 g/mol. The number of para-hydroxylation sites is 1. The summed E-state index contributed by atoms with van der Waals surface area (Å²) in [4.78, 5) is 25.0. The van der Waals surface area contributed by atoms with Gasteiger partial charge in [-0.1, -0.05) is 12.1 Å². The molecule has 0 radical (unpaired) electrons. The van der Waals surface area contributed by atoms with Crippen molar-refractivity contribution in [2.24, 2.45) is 0 Å². The van der Waals surface area contributed by atoms with E-state index in [9.17, 15) is 13.2 Å². The van der Waals surface area contributed by atoms with Crippen LogP contribution in [-0.4, -0.2) is 57.5 Å². The summed E-state index contributed by atoms with van der Waals surface area (Å²) in [6.45, 7) is 2.28. The molecule has 1 amide bonds. The Bertz CT molecular complexity index is 1520. The molecule has 4 aromatic rings. The van der Waals surface area contributed by atoms with Gasteiger partial charge < -0.3 is 4.90 Å². The fourth-order valence-electron chi connectivity index (χ4n) is 4.78. The van der Waals surface area contributed by atoms with Crippen molar-refractivity contribution in [2.75, 3.05) is 18.6 Å². The number of carbonyl (C=O) groups excluding carboxylic acids is 1. The van der Waals surface area contributed by atoms with Gasteiger partial charge in [-0.05, 0) is 44.4 Å². The van der Waals surface area contributed by atoms with Crippen molar-refractivity contribution in [3.8, 4) is 0 Å². The lowest BCUT2D eigenvalue weighted by atomic mass is 10.1. The Kier molecular flexibility index (Phi) is 5.00. The van der Waals surface area contributed by atoms with Crippen LogP contribution in [0.5, 0.6) is 0 Å². The van der Waals surface area contributed by atoms with Gasteiger partial charge in [0, 0.05) is 18.7 Å². The molecule has 6 rings (SSSR count). The zero-order chi connectivity index (χ0) is 23.6. The first kappa shape index (κ1) is 21.7. The van der Waals surface area contributed by atoms with E-state index in [2.05, 4.69) is 10.1 Å². The van der Waals surface area contributed by atoms with Gasteiger partial charge in [0.05, 0.1) is 51.0 Å². The predicted molar refractivity (Wildman–Crippen MR) is 132 cm³/mol. The molecule has 176 valence electrons. The largest absolute Gasteiger partial charge is 0.335 e. The number of hydrogen-bond acceptors (Lipinski definition) is 7. The number of nitrogens with zero attached hydrogens (tertiary/aromatic N) is 5. The van der Waals surface area contributed by atoms with Gasteiger partial charge in [-0.15, -0.1) is 11.3 Å². The van der Waals surface area contributed by atoms with E-state index in [0.29, 0.717) is 35.8 Å². The topological polar surface area (TPSA) is 98.0 Å². The van der Waals surface area contributed by atoms with Gasteiger partial charge in [-0.2, -0.15) is 5.10 Å². The Morgan fingerprint density at radius 3 is 2.71 bits per heavy atom. The minimum absolute atomic E-state index is 0.0688. The number of amides is 1. The standard InChI is InChI=1S/C24H25N5O3S2/c1-14-22-17(24(30)28(2)12-21-25-18-5-3-4-6-20(18)33-21)11-19(15-7-8-15)26-23(22)29(27-14)16-9-10-34(31,32)13-16/h3-6,11,15-16H,7-10,12-13H2,1-2H3/t16-/m1/s1. The molecule has 8 nitrogen and oxygen atoms in total. The van der Waals surface area contributed by atoms with Crippen LogP contribution in [0.25, 0.3) is 21.3 Å². The second-order valence-electron chi connectivity index (χ2n) is 9.39. The molecule has 1 aromatic carbocycles. The monoisotopic (exact) mass is 495 g/mol. The van der Waals surface area contributed by atoms with Crippen LogP contribution in [0.15, 0.2) is 30.3 Å². The minimum atomic E-state index is -3.07. The molecule has 1 saturated heterocycles. The molecule has 1 aliphatic carbocycles. The highest BCUT2D eigenvalue weighted by Crippen LogP contribution is 2.41. The van der Waals surface area contributed by atoms with E-state index >= 15 is 0 Å². The minimum Gasteiger partial charge on any atom is -0.335 e. The molecule has 0 N–H and O–H groups in total. The maximum absolute atomic E-state index is 13.7. The number of benzene rings is 1. The number of aryl methyl sites for hydroxylation is 1. The molecule has 4 heterocycles. The second kappa shape index (κ2) is 7.84. The zero-order valence-corrected chi connectivity index (χ0v) is 20.7. The Balaban J connectivity index is 1.39. The lowest BCUT2D eigenvalue weighted by Crippen LogP contribution is -2.26. The van der Waals surface area contributed by atoms with Crippen LogP contribution in [0.1, 0.15) is 58.0 Å². The van der Waals surface area contributed by atoms with E-state index in [1.165, 1.54) is 0 Å². The summed E-state index contributed by atoms with van der Waals surface area (Å²) in [6.07, 6.45) is 2.63. The van der Waals surface area contributed by atoms with E-state index in [-0.39, 0.29) is 23.5 Å². The van der Waals surface area contributed by atoms with Crippen molar-refractivity contribution >= 4 is 48.3 Å². The third-order valence-electron chi connectivity index (χ3n) is 6.69. The summed E-state index contributed by atoms with van der Waals surface area (Å²) in [5.41, 5.74) is 3.74. The summed E-state index contributed by atoms with van der Waals surface area (Å²) in [5.74, 6) is 0.480. The zero-order valence-electron chi connectivity index (χ0n) is 19.1. The van der Waals surface area contributed by atoms with Gasteiger partial charge in [0.2, 0.25) is 0 Å². The molecule has 2 aliphatic rings. The van der Waals surface area contributed by atoms with E-state index in [4.69, 9.17) is 4.98 Å². The van der Waals surface area contributed by atoms with Gasteiger partial charge in [-0.25, -0.2) is 23.1 Å². The van der Waals surface area contributed by atoms with Crippen molar-refractivity contribution in [2.45, 2.75) is 44.7 Å². The smallest absolute Gasteiger partial charge is 0.254 e. The van der Waals surface area contributed by atoms with Crippen molar-refractivity contribution in [3.05, 3.63) is 52.3 Å². The van der Waals surface area contributed by atoms with Crippen LogP contribution in [-0.2, 0) is 16.4 Å². The summed E-state index contributed by atoms with van der Waals surface area (Å²) in [5, 5.41) is 6.28.